The standard InChI is InChI=1S/C18H19ClN2O6S/c1-4-25-14-6-5-12(9-16(14)28(23,24)21(2)3)20-18(22)11-7-13(19)17-15(8-11)26-10-27-17/h5-9H,4,10H2,1-3H3,(H,20,22). The van der Waals surface area contributed by atoms with E-state index >= 15 is 0 Å². The fourth-order valence-electron chi connectivity index (χ4n) is 2.56. The predicted octanol–water partition coefficient (Wildman–Crippen LogP) is 2.97. The van der Waals surface area contributed by atoms with Crippen LogP contribution < -0.4 is 19.5 Å². The Kier molecular flexibility index (Phi) is 5.69. The molecule has 0 saturated heterocycles. The van der Waals surface area contributed by atoms with Gasteiger partial charge in [0.15, 0.2) is 11.5 Å². The number of fused-ring (bicyclic) bond motifs is 1. The van der Waals surface area contributed by atoms with Crippen LogP contribution in [-0.2, 0) is 10.0 Å². The second-order valence-corrected chi connectivity index (χ2v) is 8.56. The van der Waals surface area contributed by atoms with Crippen molar-refractivity contribution in [2.45, 2.75) is 11.8 Å². The Morgan fingerprint density at radius 2 is 2.00 bits per heavy atom. The van der Waals surface area contributed by atoms with Gasteiger partial charge in [0, 0.05) is 25.3 Å². The average molecular weight is 427 g/mol. The lowest BCUT2D eigenvalue weighted by molar-refractivity contribution is 0.102. The maximum atomic E-state index is 12.6. The summed E-state index contributed by atoms with van der Waals surface area (Å²) in [6.45, 7) is 2.09. The molecule has 0 spiro atoms. The average Bonchev–Trinajstić information content (AvgIpc) is 3.12. The smallest absolute Gasteiger partial charge is 0.255 e. The Bertz CT molecular complexity index is 1020. The van der Waals surface area contributed by atoms with Crippen LogP contribution in [-0.4, -0.2) is 46.1 Å². The first-order valence-corrected chi connectivity index (χ1v) is 10.2. The second kappa shape index (κ2) is 7.86. The van der Waals surface area contributed by atoms with Crippen molar-refractivity contribution in [2.24, 2.45) is 0 Å². The van der Waals surface area contributed by atoms with Crippen LogP contribution in [0, 0.1) is 0 Å². The van der Waals surface area contributed by atoms with Crippen molar-refractivity contribution in [1.82, 2.24) is 4.31 Å². The van der Waals surface area contributed by atoms with E-state index in [1.54, 1.807) is 13.0 Å². The van der Waals surface area contributed by atoms with Crippen LogP contribution in [0.3, 0.4) is 0 Å². The van der Waals surface area contributed by atoms with Gasteiger partial charge in [-0.1, -0.05) is 11.6 Å². The van der Waals surface area contributed by atoms with Crippen LogP contribution >= 0.6 is 11.6 Å². The minimum Gasteiger partial charge on any atom is -0.492 e. The lowest BCUT2D eigenvalue weighted by Gasteiger charge is -2.16. The van der Waals surface area contributed by atoms with E-state index in [0.717, 1.165) is 4.31 Å². The van der Waals surface area contributed by atoms with E-state index in [9.17, 15) is 13.2 Å². The Labute approximate surface area is 168 Å². The summed E-state index contributed by atoms with van der Waals surface area (Å²) in [4.78, 5) is 12.6. The summed E-state index contributed by atoms with van der Waals surface area (Å²) >= 11 is 6.11. The molecule has 3 rings (SSSR count). The number of rotatable bonds is 6. The molecule has 0 bridgehead atoms. The molecule has 0 aliphatic carbocycles. The van der Waals surface area contributed by atoms with E-state index < -0.39 is 15.9 Å². The van der Waals surface area contributed by atoms with Gasteiger partial charge in [-0.05, 0) is 37.3 Å². The van der Waals surface area contributed by atoms with Crippen molar-refractivity contribution in [3.8, 4) is 17.2 Å². The molecular weight excluding hydrogens is 408 g/mol. The lowest BCUT2D eigenvalue weighted by atomic mass is 10.2. The minimum atomic E-state index is -3.77. The Morgan fingerprint density at radius 1 is 1.25 bits per heavy atom. The number of carbonyl (C=O) groups is 1. The number of sulfonamides is 1. The number of benzene rings is 2. The van der Waals surface area contributed by atoms with Gasteiger partial charge in [-0.25, -0.2) is 12.7 Å². The molecule has 2 aromatic rings. The van der Waals surface area contributed by atoms with E-state index in [2.05, 4.69) is 5.32 Å². The molecule has 0 fully saturated rings. The molecule has 1 heterocycles. The van der Waals surface area contributed by atoms with Crippen LogP contribution in [0.25, 0.3) is 0 Å². The number of nitrogens with zero attached hydrogens (tertiary/aromatic N) is 1. The Balaban J connectivity index is 1.92. The highest BCUT2D eigenvalue weighted by Crippen LogP contribution is 2.40. The molecule has 0 aromatic heterocycles. The van der Waals surface area contributed by atoms with Crippen molar-refractivity contribution in [3.63, 3.8) is 0 Å². The number of hydrogen-bond acceptors (Lipinski definition) is 6. The highest BCUT2D eigenvalue weighted by Gasteiger charge is 2.24. The van der Waals surface area contributed by atoms with Crippen LogP contribution in [0.5, 0.6) is 17.2 Å². The van der Waals surface area contributed by atoms with Crippen LogP contribution in [0.1, 0.15) is 17.3 Å². The number of carbonyl (C=O) groups excluding carboxylic acids is 1. The van der Waals surface area contributed by atoms with Gasteiger partial charge in [0.2, 0.25) is 16.8 Å². The number of amides is 1. The molecule has 0 saturated carbocycles. The first-order valence-electron chi connectivity index (χ1n) is 8.34. The number of nitrogens with one attached hydrogen (secondary N) is 1. The third-order valence-electron chi connectivity index (χ3n) is 3.95. The summed E-state index contributed by atoms with van der Waals surface area (Å²) < 4.78 is 42.2. The minimum absolute atomic E-state index is 0.0325. The molecule has 150 valence electrons. The van der Waals surface area contributed by atoms with E-state index in [-0.39, 0.29) is 28.0 Å². The monoisotopic (exact) mass is 426 g/mol. The third-order valence-corrected chi connectivity index (χ3v) is 6.07. The maximum absolute atomic E-state index is 12.6. The molecule has 1 aliphatic rings. The lowest BCUT2D eigenvalue weighted by Crippen LogP contribution is -2.23. The maximum Gasteiger partial charge on any atom is 0.255 e. The zero-order valence-electron chi connectivity index (χ0n) is 15.5. The van der Waals surface area contributed by atoms with Gasteiger partial charge in [-0.2, -0.15) is 0 Å². The van der Waals surface area contributed by atoms with E-state index in [1.807, 2.05) is 0 Å². The van der Waals surface area contributed by atoms with Crippen LogP contribution in [0.2, 0.25) is 5.02 Å². The molecule has 0 unspecified atom stereocenters. The second-order valence-electron chi connectivity index (χ2n) is 6.03. The quantitative estimate of drug-likeness (QED) is 0.763. The zero-order chi connectivity index (χ0) is 20.5. The summed E-state index contributed by atoms with van der Waals surface area (Å²) in [5, 5.41) is 2.92. The summed E-state index contributed by atoms with van der Waals surface area (Å²) in [6.07, 6.45) is 0. The van der Waals surface area contributed by atoms with Gasteiger partial charge in [-0.3, -0.25) is 4.79 Å². The first kappa shape index (κ1) is 20.2. The summed E-state index contributed by atoms with van der Waals surface area (Å²) in [7, 11) is -0.925. The van der Waals surface area contributed by atoms with Gasteiger partial charge >= 0.3 is 0 Å². The zero-order valence-corrected chi connectivity index (χ0v) is 17.1. The molecule has 0 atom stereocenters. The van der Waals surface area contributed by atoms with E-state index in [1.165, 1.54) is 38.4 Å². The molecule has 1 N–H and O–H groups in total. The number of anilines is 1. The fourth-order valence-corrected chi connectivity index (χ4v) is 3.88. The van der Waals surface area contributed by atoms with Crippen LogP contribution in [0.15, 0.2) is 35.2 Å². The van der Waals surface area contributed by atoms with Crippen molar-refractivity contribution < 1.29 is 27.4 Å². The number of halogens is 1. The normalized spacial score (nSPS) is 12.9. The Morgan fingerprint density at radius 3 is 2.68 bits per heavy atom. The molecule has 1 amide bonds. The van der Waals surface area contributed by atoms with Gasteiger partial charge in [0.25, 0.3) is 5.91 Å². The molecular formula is C18H19ClN2O6S. The highest BCUT2D eigenvalue weighted by atomic mass is 35.5. The van der Waals surface area contributed by atoms with Crippen molar-refractivity contribution in [1.29, 1.82) is 0 Å². The van der Waals surface area contributed by atoms with Gasteiger partial charge in [-0.15, -0.1) is 0 Å². The summed E-state index contributed by atoms with van der Waals surface area (Å²) in [5.41, 5.74) is 0.544. The molecule has 8 nitrogen and oxygen atoms in total. The van der Waals surface area contributed by atoms with Crippen molar-refractivity contribution >= 4 is 33.2 Å². The summed E-state index contributed by atoms with van der Waals surface area (Å²) in [6, 6.07) is 7.38. The Hall–Kier alpha value is -2.49. The third kappa shape index (κ3) is 3.87. The molecule has 10 heteroatoms. The largest absolute Gasteiger partial charge is 0.492 e. The fraction of sp³-hybridized carbons (Fsp3) is 0.278. The van der Waals surface area contributed by atoms with Crippen molar-refractivity contribution in [2.75, 3.05) is 32.8 Å². The molecule has 2 aromatic carbocycles. The van der Waals surface area contributed by atoms with E-state index in [4.69, 9.17) is 25.8 Å². The predicted molar refractivity (Wildman–Crippen MR) is 104 cm³/mol. The highest BCUT2D eigenvalue weighted by molar-refractivity contribution is 7.89. The van der Waals surface area contributed by atoms with Gasteiger partial charge < -0.3 is 19.5 Å². The topological polar surface area (TPSA) is 94.2 Å². The summed E-state index contributed by atoms with van der Waals surface area (Å²) in [5.74, 6) is 0.497. The molecule has 0 radical (unpaired) electrons. The SMILES string of the molecule is CCOc1ccc(NC(=O)c2cc(Cl)c3c(c2)OCO3)cc1S(=O)(=O)N(C)C. The van der Waals surface area contributed by atoms with Crippen LogP contribution in [0.4, 0.5) is 5.69 Å². The van der Waals surface area contributed by atoms with Gasteiger partial charge in [0.05, 0.1) is 11.6 Å². The first-order chi connectivity index (χ1) is 13.2. The van der Waals surface area contributed by atoms with Gasteiger partial charge in [0.1, 0.15) is 10.6 Å². The number of ether oxygens (including phenoxy) is 3. The van der Waals surface area contributed by atoms with E-state index in [0.29, 0.717) is 23.8 Å². The molecule has 1 aliphatic heterocycles. The van der Waals surface area contributed by atoms with Crippen molar-refractivity contribution in [3.05, 3.63) is 40.9 Å². The molecule has 28 heavy (non-hydrogen) atoms. The number of hydrogen-bond donors (Lipinski definition) is 1.